The second-order valence-corrected chi connectivity index (χ2v) is 4.85. The molecule has 4 N–H and O–H groups in total. The van der Waals surface area contributed by atoms with Crippen LogP contribution in [0.15, 0.2) is 35.7 Å². The number of carbonyl (C=O) groups excluding carboxylic acids is 1. The van der Waals surface area contributed by atoms with Crippen LogP contribution in [0, 0.1) is 0 Å². The largest absolute Gasteiger partial charge is 0.504 e. The van der Waals surface area contributed by atoms with Crippen molar-refractivity contribution in [2.75, 3.05) is 12.4 Å². The molecule has 0 radical (unpaired) electrons. The van der Waals surface area contributed by atoms with E-state index in [4.69, 9.17) is 10.5 Å². The first-order valence-electron chi connectivity index (χ1n) is 5.58. The van der Waals surface area contributed by atoms with Crippen molar-refractivity contribution >= 4 is 22.9 Å². The van der Waals surface area contributed by atoms with E-state index in [2.05, 4.69) is 5.32 Å². The predicted molar refractivity (Wildman–Crippen MR) is 74.5 cm³/mol. The van der Waals surface area contributed by atoms with Crippen molar-refractivity contribution in [3.8, 4) is 11.5 Å². The molecule has 1 aromatic carbocycles. The number of amides is 1. The number of nitrogens with one attached hydrogen (secondary N) is 1. The van der Waals surface area contributed by atoms with Crippen molar-refractivity contribution in [2.24, 2.45) is 5.73 Å². The van der Waals surface area contributed by atoms with E-state index in [1.165, 1.54) is 24.5 Å². The molecule has 6 heteroatoms. The molecule has 0 saturated carbocycles. The van der Waals surface area contributed by atoms with Gasteiger partial charge in [0.1, 0.15) is 6.04 Å². The van der Waals surface area contributed by atoms with Crippen LogP contribution in [-0.4, -0.2) is 18.1 Å². The van der Waals surface area contributed by atoms with Crippen LogP contribution in [0.4, 0.5) is 5.69 Å². The maximum atomic E-state index is 11.9. The molecule has 2 rings (SSSR count). The molecule has 1 unspecified atom stereocenters. The van der Waals surface area contributed by atoms with Gasteiger partial charge in [0.25, 0.3) is 0 Å². The van der Waals surface area contributed by atoms with E-state index in [0.29, 0.717) is 11.4 Å². The fourth-order valence-corrected chi connectivity index (χ4v) is 2.31. The number of thiophene rings is 1. The normalized spacial score (nSPS) is 11.9. The molecule has 0 aliphatic carbocycles. The molecule has 0 bridgehead atoms. The van der Waals surface area contributed by atoms with Gasteiger partial charge in [-0.2, -0.15) is 0 Å². The summed E-state index contributed by atoms with van der Waals surface area (Å²) in [5.41, 5.74) is 6.30. The Labute approximate surface area is 114 Å². The summed E-state index contributed by atoms with van der Waals surface area (Å²) in [4.78, 5) is 12.7. The molecule has 1 heterocycles. The van der Waals surface area contributed by atoms with Gasteiger partial charge in [-0.25, -0.2) is 0 Å². The van der Waals surface area contributed by atoms with E-state index in [-0.39, 0.29) is 11.7 Å². The molecule has 0 aliphatic heterocycles. The van der Waals surface area contributed by atoms with E-state index < -0.39 is 6.04 Å². The Bertz CT molecular complexity index is 569. The van der Waals surface area contributed by atoms with Crippen LogP contribution in [0.5, 0.6) is 11.5 Å². The average molecular weight is 278 g/mol. The highest BCUT2D eigenvalue weighted by Gasteiger charge is 2.17. The van der Waals surface area contributed by atoms with Crippen molar-refractivity contribution in [2.45, 2.75) is 6.04 Å². The number of aromatic hydroxyl groups is 1. The van der Waals surface area contributed by atoms with Crippen LogP contribution >= 0.6 is 11.3 Å². The van der Waals surface area contributed by atoms with Gasteiger partial charge in [0, 0.05) is 16.6 Å². The highest BCUT2D eigenvalue weighted by molar-refractivity contribution is 7.10. The molecular weight excluding hydrogens is 264 g/mol. The molecule has 0 spiro atoms. The highest BCUT2D eigenvalue weighted by atomic mass is 32.1. The number of ether oxygens (including phenoxy) is 1. The van der Waals surface area contributed by atoms with Crippen molar-refractivity contribution in [1.29, 1.82) is 0 Å². The van der Waals surface area contributed by atoms with Crippen molar-refractivity contribution in [3.05, 3.63) is 40.6 Å². The van der Waals surface area contributed by atoms with Crippen molar-refractivity contribution < 1.29 is 14.6 Å². The molecule has 1 atom stereocenters. The summed E-state index contributed by atoms with van der Waals surface area (Å²) < 4.78 is 4.93. The van der Waals surface area contributed by atoms with Crippen LogP contribution < -0.4 is 15.8 Å². The average Bonchev–Trinajstić information content (AvgIpc) is 2.92. The molecule has 1 aromatic heterocycles. The first kappa shape index (κ1) is 13.4. The quantitative estimate of drug-likeness (QED) is 0.799. The summed E-state index contributed by atoms with van der Waals surface area (Å²) in [6.45, 7) is 0. The number of phenolic OH excluding ortho intramolecular Hbond substituents is 1. The van der Waals surface area contributed by atoms with E-state index >= 15 is 0 Å². The van der Waals surface area contributed by atoms with Crippen LogP contribution in [0.25, 0.3) is 0 Å². The van der Waals surface area contributed by atoms with Gasteiger partial charge in [-0.15, -0.1) is 11.3 Å². The number of rotatable bonds is 4. The van der Waals surface area contributed by atoms with Gasteiger partial charge in [-0.1, -0.05) is 6.07 Å². The van der Waals surface area contributed by atoms with Gasteiger partial charge < -0.3 is 20.9 Å². The van der Waals surface area contributed by atoms with E-state index in [9.17, 15) is 9.90 Å². The first-order chi connectivity index (χ1) is 9.11. The summed E-state index contributed by atoms with van der Waals surface area (Å²) in [5.74, 6) is -0.0161. The fourth-order valence-electron chi connectivity index (χ4n) is 1.59. The smallest absolute Gasteiger partial charge is 0.246 e. The highest BCUT2D eigenvalue weighted by Crippen LogP contribution is 2.29. The third-order valence-electron chi connectivity index (χ3n) is 2.58. The lowest BCUT2D eigenvalue weighted by molar-refractivity contribution is -0.117. The Kier molecular flexibility index (Phi) is 4.03. The molecule has 19 heavy (non-hydrogen) atoms. The van der Waals surface area contributed by atoms with Crippen LogP contribution in [0.2, 0.25) is 0 Å². The number of nitrogens with two attached hydrogens (primary N) is 1. The summed E-state index contributed by atoms with van der Waals surface area (Å²) in [6, 6.07) is 7.55. The second-order valence-electron chi connectivity index (χ2n) is 3.87. The summed E-state index contributed by atoms with van der Waals surface area (Å²) in [6.07, 6.45) is 0. The number of anilines is 1. The van der Waals surface area contributed by atoms with Gasteiger partial charge >= 0.3 is 0 Å². The fraction of sp³-hybridized carbons (Fsp3) is 0.154. The minimum Gasteiger partial charge on any atom is -0.504 e. The predicted octanol–water partition coefficient (Wildman–Crippen LogP) is 2.10. The number of phenols is 1. The number of benzene rings is 1. The lowest BCUT2D eigenvalue weighted by Crippen LogP contribution is -2.26. The maximum absolute atomic E-state index is 11.9. The van der Waals surface area contributed by atoms with Crippen molar-refractivity contribution in [1.82, 2.24) is 0 Å². The Morgan fingerprint density at radius 3 is 2.84 bits per heavy atom. The second kappa shape index (κ2) is 5.73. The van der Waals surface area contributed by atoms with Crippen molar-refractivity contribution in [3.63, 3.8) is 0 Å². The first-order valence-corrected chi connectivity index (χ1v) is 6.46. The molecule has 0 aliphatic rings. The zero-order valence-electron chi connectivity index (χ0n) is 10.3. The maximum Gasteiger partial charge on any atom is 0.246 e. The molecular formula is C13H14N2O3S. The number of hydrogen-bond donors (Lipinski definition) is 3. The Balaban J connectivity index is 2.09. The zero-order chi connectivity index (χ0) is 13.8. The zero-order valence-corrected chi connectivity index (χ0v) is 11.1. The lowest BCUT2D eigenvalue weighted by Gasteiger charge is -2.11. The monoisotopic (exact) mass is 278 g/mol. The molecule has 0 saturated heterocycles. The van der Waals surface area contributed by atoms with E-state index in [1.54, 1.807) is 18.2 Å². The molecule has 0 fully saturated rings. The van der Waals surface area contributed by atoms with Gasteiger partial charge in [0.05, 0.1) is 7.11 Å². The Morgan fingerprint density at radius 2 is 2.26 bits per heavy atom. The van der Waals surface area contributed by atoms with E-state index in [1.807, 2.05) is 11.4 Å². The van der Waals surface area contributed by atoms with Crippen LogP contribution in [0.1, 0.15) is 10.9 Å². The SMILES string of the molecule is COc1ccc(NC(=O)C(N)c2cccs2)cc1O. The lowest BCUT2D eigenvalue weighted by atomic mass is 10.2. The van der Waals surface area contributed by atoms with Gasteiger partial charge in [0.2, 0.25) is 5.91 Å². The van der Waals surface area contributed by atoms with E-state index in [0.717, 1.165) is 4.88 Å². The standard InChI is InChI=1S/C13H14N2O3S/c1-18-10-5-4-8(7-9(10)16)15-13(17)12(14)11-3-2-6-19-11/h2-7,12,16H,14H2,1H3,(H,15,17). The molecule has 100 valence electrons. The topological polar surface area (TPSA) is 84.6 Å². The van der Waals surface area contributed by atoms with Crippen LogP contribution in [0.3, 0.4) is 0 Å². The Hall–Kier alpha value is -2.05. The number of methoxy groups -OCH3 is 1. The minimum atomic E-state index is -0.718. The molecule has 2 aromatic rings. The van der Waals surface area contributed by atoms with Gasteiger partial charge in [-0.05, 0) is 23.6 Å². The molecule has 1 amide bonds. The number of hydrogen-bond acceptors (Lipinski definition) is 5. The summed E-state index contributed by atoms with van der Waals surface area (Å²) in [7, 11) is 1.46. The molecule has 5 nitrogen and oxygen atoms in total. The van der Waals surface area contributed by atoms with Gasteiger partial charge in [0.15, 0.2) is 11.5 Å². The summed E-state index contributed by atoms with van der Waals surface area (Å²) >= 11 is 1.42. The number of carbonyl (C=O) groups is 1. The van der Waals surface area contributed by atoms with Gasteiger partial charge in [-0.3, -0.25) is 4.79 Å². The Morgan fingerprint density at radius 1 is 1.47 bits per heavy atom. The summed E-state index contributed by atoms with van der Waals surface area (Å²) in [5, 5.41) is 14.1. The van der Waals surface area contributed by atoms with Crippen LogP contribution in [-0.2, 0) is 4.79 Å². The third kappa shape index (κ3) is 3.04. The minimum absolute atomic E-state index is 0.0370. The third-order valence-corrected chi connectivity index (χ3v) is 3.53.